The normalized spacial score (nSPS) is 12.8. The molecular weight excluding hydrogens is 512 g/mol. The molecular formula is C29H31N6O5-. The molecule has 208 valence electrons. The Morgan fingerprint density at radius 2 is 1.68 bits per heavy atom. The SMILES string of the molecule is O=C([O-])COc1ccc(C[C@H](NC(=O)c2ccccc2)C(=O)NCCCCc2ccccc2)cc1C1=NNNN1. The summed E-state index contributed by atoms with van der Waals surface area (Å²) in [5, 5.41) is 20.8. The third-order valence-corrected chi connectivity index (χ3v) is 6.18. The number of carboxylic acid groups (broad SMARTS) is 1. The number of hydrazine groups is 2. The lowest BCUT2D eigenvalue weighted by Crippen LogP contribution is -2.48. The number of aliphatic carboxylic acids is 1. The third kappa shape index (κ3) is 8.30. The molecule has 0 saturated carbocycles. The van der Waals surface area contributed by atoms with Gasteiger partial charge in [0.25, 0.3) is 5.91 Å². The van der Waals surface area contributed by atoms with Gasteiger partial charge in [0.15, 0.2) is 5.84 Å². The fourth-order valence-electron chi connectivity index (χ4n) is 4.19. The fourth-order valence-corrected chi connectivity index (χ4v) is 4.19. The molecule has 40 heavy (non-hydrogen) atoms. The standard InChI is InChI=1S/C29H32N6O5/c36-26(37)19-40-25-15-14-21(17-23(25)27-32-34-35-33-27)18-24(31-28(38)22-12-5-2-6-13-22)29(39)30-16-8-7-11-20-9-3-1-4-10-20/h1-6,9-10,12-15,17,24,34-35H,7-8,11,16,18-19H2,(H,30,39)(H,31,38)(H,32,33)(H,36,37)/p-1/t24-/m0/s1. The van der Waals surface area contributed by atoms with Crippen LogP contribution in [0.15, 0.2) is 84.0 Å². The Labute approximate surface area is 232 Å². The summed E-state index contributed by atoms with van der Waals surface area (Å²) in [6, 6.07) is 23.0. The Morgan fingerprint density at radius 1 is 0.925 bits per heavy atom. The van der Waals surface area contributed by atoms with Crippen molar-refractivity contribution in [1.29, 1.82) is 0 Å². The molecule has 0 unspecified atom stereocenters. The molecule has 0 aromatic heterocycles. The lowest BCUT2D eigenvalue weighted by molar-refractivity contribution is -0.307. The van der Waals surface area contributed by atoms with E-state index in [0.717, 1.165) is 19.3 Å². The first-order valence-electron chi connectivity index (χ1n) is 13.0. The van der Waals surface area contributed by atoms with Crippen LogP contribution >= 0.6 is 0 Å². The number of amidine groups is 1. The smallest absolute Gasteiger partial charge is 0.251 e. The number of hydrogen-bond donors (Lipinski definition) is 5. The second kappa shape index (κ2) is 14.3. The average Bonchev–Trinajstić information content (AvgIpc) is 3.52. The van der Waals surface area contributed by atoms with Gasteiger partial charge in [-0.1, -0.05) is 54.6 Å². The molecule has 1 aliphatic rings. The number of hydrogen-bond acceptors (Lipinski definition) is 9. The van der Waals surface area contributed by atoms with Gasteiger partial charge in [0.1, 0.15) is 18.4 Å². The molecule has 1 heterocycles. The Bertz CT molecular complexity index is 1330. The zero-order valence-electron chi connectivity index (χ0n) is 21.8. The first-order chi connectivity index (χ1) is 19.5. The molecule has 0 bridgehead atoms. The van der Waals surface area contributed by atoms with E-state index in [1.54, 1.807) is 42.5 Å². The molecule has 4 rings (SSSR count). The molecule has 2 amide bonds. The molecule has 11 nitrogen and oxygen atoms in total. The molecule has 5 N–H and O–H groups in total. The summed E-state index contributed by atoms with van der Waals surface area (Å²) < 4.78 is 5.36. The molecule has 0 fully saturated rings. The van der Waals surface area contributed by atoms with Crippen molar-refractivity contribution in [2.75, 3.05) is 13.2 Å². The number of amides is 2. The molecule has 0 spiro atoms. The number of nitrogens with one attached hydrogen (secondary N) is 5. The fraction of sp³-hybridized carbons (Fsp3) is 0.241. The topological polar surface area (TPSA) is 156 Å². The molecule has 1 atom stereocenters. The molecule has 0 aliphatic carbocycles. The molecule has 3 aromatic rings. The number of aryl methyl sites for hydroxylation is 1. The van der Waals surface area contributed by atoms with Crippen molar-refractivity contribution in [3.63, 3.8) is 0 Å². The van der Waals surface area contributed by atoms with Crippen LogP contribution < -0.4 is 37.0 Å². The number of unbranched alkanes of at least 4 members (excludes halogenated alkanes) is 1. The van der Waals surface area contributed by atoms with Gasteiger partial charge in [-0.05, 0) is 54.7 Å². The van der Waals surface area contributed by atoms with E-state index in [4.69, 9.17) is 4.74 Å². The van der Waals surface area contributed by atoms with Gasteiger partial charge in [-0.2, -0.15) is 0 Å². The van der Waals surface area contributed by atoms with Gasteiger partial charge >= 0.3 is 0 Å². The van der Waals surface area contributed by atoms with E-state index < -0.39 is 18.6 Å². The number of carboxylic acids is 1. The van der Waals surface area contributed by atoms with Crippen LogP contribution in [0.5, 0.6) is 5.75 Å². The minimum atomic E-state index is -1.36. The molecule has 0 radical (unpaired) electrons. The minimum absolute atomic E-state index is 0.177. The van der Waals surface area contributed by atoms with Crippen molar-refractivity contribution in [2.45, 2.75) is 31.7 Å². The molecule has 11 heteroatoms. The second-order valence-corrected chi connectivity index (χ2v) is 9.14. The van der Waals surface area contributed by atoms with Crippen molar-refractivity contribution in [3.8, 4) is 5.75 Å². The minimum Gasteiger partial charge on any atom is -0.546 e. The largest absolute Gasteiger partial charge is 0.546 e. The van der Waals surface area contributed by atoms with Crippen molar-refractivity contribution >= 4 is 23.6 Å². The Hall–Kier alpha value is -4.90. The number of benzene rings is 3. The maximum atomic E-state index is 13.3. The van der Waals surface area contributed by atoms with E-state index in [1.807, 2.05) is 24.3 Å². The summed E-state index contributed by atoms with van der Waals surface area (Å²) >= 11 is 0. The molecule has 3 aromatic carbocycles. The number of rotatable bonds is 14. The number of hydrazone groups is 1. The van der Waals surface area contributed by atoms with Gasteiger partial charge in [0, 0.05) is 18.5 Å². The zero-order chi connectivity index (χ0) is 28.2. The van der Waals surface area contributed by atoms with Crippen LogP contribution in [-0.4, -0.2) is 42.8 Å². The number of carbonyl (C=O) groups excluding carboxylic acids is 3. The monoisotopic (exact) mass is 543 g/mol. The summed E-state index contributed by atoms with van der Waals surface area (Å²) in [4.78, 5) is 37.1. The predicted octanol–water partition coefficient (Wildman–Crippen LogP) is 0.570. The first kappa shape index (κ1) is 28.1. The van der Waals surface area contributed by atoms with Crippen LogP contribution in [-0.2, 0) is 22.4 Å². The quantitative estimate of drug-likeness (QED) is 0.185. The van der Waals surface area contributed by atoms with E-state index >= 15 is 0 Å². The van der Waals surface area contributed by atoms with Crippen LogP contribution in [0, 0.1) is 0 Å². The van der Waals surface area contributed by atoms with Crippen molar-refractivity contribution < 1.29 is 24.2 Å². The first-order valence-corrected chi connectivity index (χ1v) is 13.0. The van der Waals surface area contributed by atoms with Gasteiger partial charge < -0.3 is 25.3 Å². The Kier molecular flexibility index (Phi) is 10.1. The van der Waals surface area contributed by atoms with Crippen molar-refractivity contribution in [1.82, 2.24) is 27.1 Å². The number of ether oxygens (including phenoxy) is 1. The van der Waals surface area contributed by atoms with E-state index in [2.05, 4.69) is 44.4 Å². The Morgan fingerprint density at radius 3 is 2.38 bits per heavy atom. The summed E-state index contributed by atoms with van der Waals surface area (Å²) in [6.45, 7) is -0.161. The van der Waals surface area contributed by atoms with Gasteiger partial charge in [-0.3, -0.25) is 15.0 Å². The second-order valence-electron chi connectivity index (χ2n) is 9.14. The average molecular weight is 544 g/mol. The van der Waals surface area contributed by atoms with Gasteiger partial charge in [0.05, 0.1) is 11.5 Å². The van der Waals surface area contributed by atoms with E-state index in [-0.39, 0.29) is 24.0 Å². The Balaban J connectivity index is 1.45. The predicted molar refractivity (Wildman–Crippen MR) is 147 cm³/mol. The number of carbonyl (C=O) groups is 3. The summed E-state index contributed by atoms with van der Waals surface area (Å²) in [6.07, 6.45) is 2.80. The highest BCUT2D eigenvalue weighted by molar-refractivity contribution is 6.01. The van der Waals surface area contributed by atoms with E-state index in [9.17, 15) is 19.5 Å². The third-order valence-electron chi connectivity index (χ3n) is 6.18. The van der Waals surface area contributed by atoms with Crippen LogP contribution in [0.4, 0.5) is 0 Å². The highest BCUT2D eigenvalue weighted by Crippen LogP contribution is 2.22. The van der Waals surface area contributed by atoms with Gasteiger partial charge in [-0.25, -0.2) is 5.53 Å². The van der Waals surface area contributed by atoms with Crippen LogP contribution in [0.25, 0.3) is 0 Å². The van der Waals surface area contributed by atoms with Gasteiger partial charge in [-0.15, -0.1) is 10.6 Å². The molecule has 0 saturated heterocycles. The van der Waals surface area contributed by atoms with Crippen molar-refractivity contribution in [2.24, 2.45) is 5.10 Å². The summed E-state index contributed by atoms with van der Waals surface area (Å²) in [5.74, 6) is -1.41. The van der Waals surface area contributed by atoms with Crippen LogP contribution in [0.3, 0.4) is 0 Å². The van der Waals surface area contributed by atoms with Gasteiger partial charge in [0.2, 0.25) is 5.91 Å². The zero-order valence-corrected chi connectivity index (χ0v) is 21.8. The molecule has 1 aliphatic heterocycles. The lowest BCUT2D eigenvalue weighted by atomic mass is 10.0. The van der Waals surface area contributed by atoms with Crippen molar-refractivity contribution in [3.05, 3.63) is 101 Å². The van der Waals surface area contributed by atoms with Crippen LogP contribution in [0.2, 0.25) is 0 Å². The maximum absolute atomic E-state index is 13.3. The summed E-state index contributed by atoms with van der Waals surface area (Å²) in [5.41, 5.74) is 10.8. The highest BCUT2D eigenvalue weighted by atomic mass is 16.5. The maximum Gasteiger partial charge on any atom is 0.251 e. The van der Waals surface area contributed by atoms with E-state index in [1.165, 1.54) is 5.56 Å². The number of nitrogens with zero attached hydrogens (tertiary/aromatic N) is 1. The lowest BCUT2D eigenvalue weighted by Gasteiger charge is -2.20. The van der Waals surface area contributed by atoms with Crippen LogP contribution in [0.1, 0.15) is 39.9 Å². The summed E-state index contributed by atoms with van der Waals surface area (Å²) in [7, 11) is 0. The van der Waals surface area contributed by atoms with E-state index in [0.29, 0.717) is 29.1 Å². The highest BCUT2D eigenvalue weighted by Gasteiger charge is 2.23.